The molecule has 0 saturated carbocycles. The summed E-state index contributed by atoms with van der Waals surface area (Å²) in [5.41, 5.74) is 22.0. The molecule has 3 heterocycles. The van der Waals surface area contributed by atoms with Crippen LogP contribution in [0.4, 0.5) is 22.7 Å². The van der Waals surface area contributed by atoms with Crippen LogP contribution in [0.3, 0.4) is 0 Å². The Morgan fingerprint density at radius 3 is 1.68 bits per heavy atom. The van der Waals surface area contributed by atoms with Gasteiger partial charge in [0.1, 0.15) is 24.0 Å². The Labute approximate surface area is 470 Å². The molecule has 1 aliphatic rings. The number of rotatable bonds is 10. The van der Waals surface area contributed by atoms with Gasteiger partial charge < -0.3 is 14.5 Å². The molecule has 1 aliphatic heterocycles. The Hall–Kier alpha value is -9.45. The first-order chi connectivity index (χ1) is 38.8. The maximum Gasteiger partial charge on any atom is 0.137 e. The van der Waals surface area contributed by atoms with E-state index in [2.05, 4.69) is 312 Å². The lowest BCUT2D eigenvalue weighted by Gasteiger charge is -2.28. The molecule has 0 radical (unpaired) electrons. The predicted molar refractivity (Wildman–Crippen MR) is 336 cm³/mol. The van der Waals surface area contributed by atoms with E-state index in [1.54, 1.807) is 0 Å². The molecule has 5 heteroatoms. The first-order valence-corrected chi connectivity index (χ1v) is 27.9. The van der Waals surface area contributed by atoms with Crippen LogP contribution in [-0.4, -0.2) is 16.2 Å². The summed E-state index contributed by atoms with van der Waals surface area (Å²) < 4.78 is 9.31. The number of benzene rings is 10. The van der Waals surface area contributed by atoms with Gasteiger partial charge in [-0.05, 0) is 128 Å². The van der Waals surface area contributed by atoms with Gasteiger partial charge in [0.05, 0.1) is 28.1 Å². The van der Waals surface area contributed by atoms with Gasteiger partial charge >= 0.3 is 0 Å². The molecule has 0 amide bonds. The normalized spacial score (nSPS) is 12.6. The fourth-order valence-electron chi connectivity index (χ4n) is 11.7. The maximum absolute atomic E-state index is 6.99. The van der Waals surface area contributed by atoms with Crippen molar-refractivity contribution in [2.24, 2.45) is 0 Å². The zero-order valence-electron chi connectivity index (χ0n) is 46.6. The van der Waals surface area contributed by atoms with Crippen molar-refractivity contribution >= 4 is 44.6 Å². The van der Waals surface area contributed by atoms with Gasteiger partial charge in [-0.3, -0.25) is 4.57 Å². The largest absolute Gasteiger partial charge is 0.457 e. The minimum absolute atomic E-state index is 0.0387. The van der Waals surface area contributed by atoms with E-state index in [4.69, 9.17) is 9.72 Å². The molecule has 12 aromatic rings. The summed E-state index contributed by atoms with van der Waals surface area (Å²) in [5.74, 6) is 2.36. The van der Waals surface area contributed by atoms with Gasteiger partial charge in [0.2, 0.25) is 0 Å². The van der Waals surface area contributed by atoms with Crippen LogP contribution < -0.4 is 14.5 Å². The molecule has 0 aliphatic carbocycles. The fraction of sp³-hybridized carbons (Fsp3) is 0.133. The lowest BCUT2D eigenvalue weighted by atomic mass is 9.82. The third-order valence-corrected chi connectivity index (χ3v) is 15.9. The minimum atomic E-state index is -0.151. The molecule has 2 aromatic heterocycles. The first-order valence-electron chi connectivity index (χ1n) is 27.9. The molecule has 0 bridgehead atoms. The summed E-state index contributed by atoms with van der Waals surface area (Å²) >= 11 is 0. The van der Waals surface area contributed by atoms with Gasteiger partial charge in [-0.1, -0.05) is 217 Å². The molecule has 0 unspecified atom stereocenters. The molecule has 0 N–H and O–H groups in total. The molecule has 5 nitrogen and oxygen atoms in total. The number of aromatic nitrogens is 2. The van der Waals surface area contributed by atoms with E-state index in [1.165, 1.54) is 61.2 Å². The number of hydrogen-bond acceptors (Lipinski definition) is 4. The Morgan fingerprint density at radius 2 is 0.975 bits per heavy atom. The summed E-state index contributed by atoms with van der Waals surface area (Å²) in [7, 11) is 0. The summed E-state index contributed by atoms with van der Waals surface area (Å²) in [6.45, 7) is 16.4. The van der Waals surface area contributed by atoms with E-state index in [0.717, 1.165) is 73.0 Å². The van der Waals surface area contributed by atoms with Crippen molar-refractivity contribution in [2.75, 3.05) is 16.5 Å². The fourth-order valence-corrected chi connectivity index (χ4v) is 11.7. The zero-order chi connectivity index (χ0) is 54.7. The maximum atomic E-state index is 6.99. The number of ether oxygens (including phenoxy) is 1. The predicted octanol–water partition coefficient (Wildman–Crippen LogP) is 20.5. The Balaban J connectivity index is 0.895. The van der Waals surface area contributed by atoms with Gasteiger partial charge in [0.15, 0.2) is 0 Å². The molecular weight excluding hydrogens is 973 g/mol. The summed E-state index contributed by atoms with van der Waals surface area (Å²) in [6, 6.07) is 87.9. The Bertz CT molecular complexity index is 4260. The van der Waals surface area contributed by atoms with Crippen molar-refractivity contribution in [3.63, 3.8) is 0 Å². The third kappa shape index (κ3) is 9.39. The molecule has 0 atom stereocenters. The number of pyridine rings is 1. The number of hydrogen-bond donors (Lipinski definition) is 0. The van der Waals surface area contributed by atoms with Crippen LogP contribution in [0.25, 0.3) is 83.3 Å². The van der Waals surface area contributed by atoms with Gasteiger partial charge in [0.25, 0.3) is 0 Å². The van der Waals surface area contributed by atoms with Crippen LogP contribution in [0.5, 0.6) is 11.5 Å². The smallest absolute Gasteiger partial charge is 0.137 e. The van der Waals surface area contributed by atoms with E-state index in [9.17, 15) is 0 Å². The van der Waals surface area contributed by atoms with Gasteiger partial charge in [-0.25, -0.2) is 4.98 Å². The van der Waals surface area contributed by atoms with E-state index < -0.39 is 0 Å². The highest BCUT2D eigenvalue weighted by Gasteiger charge is 2.32. The van der Waals surface area contributed by atoms with Crippen LogP contribution in [0.1, 0.15) is 58.2 Å². The molecular formula is C75H64N4O. The van der Waals surface area contributed by atoms with Crippen molar-refractivity contribution in [1.29, 1.82) is 0 Å². The number of nitrogens with zero attached hydrogens (tertiary/aromatic N) is 4. The van der Waals surface area contributed by atoms with Crippen molar-refractivity contribution in [2.45, 2.75) is 59.3 Å². The quantitative estimate of drug-likeness (QED) is 0.137. The molecule has 13 rings (SSSR count). The summed E-state index contributed by atoms with van der Waals surface area (Å²) in [4.78, 5) is 10.2. The van der Waals surface area contributed by atoms with Crippen LogP contribution in [0.2, 0.25) is 0 Å². The number of para-hydroxylation sites is 3. The van der Waals surface area contributed by atoms with Crippen molar-refractivity contribution < 1.29 is 4.74 Å². The summed E-state index contributed by atoms with van der Waals surface area (Å²) in [5, 5.41) is 2.29. The lowest BCUT2D eigenvalue weighted by Crippen LogP contribution is -2.25. The van der Waals surface area contributed by atoms with Gasteiger partial charge in [-0.2, -0.15) is 0 Å². The average molecular weight is 1040 g/mol. The standard InChI is InChI=1S/C75H64N4O/c1-50-31-33-54(34-32-50)66-48-76-72(47-67(66)75(5,6)7)79-68-42-37-56(52-21-12-9-13-22-52)44-65(68)64-41-40-61(46-71(64)79)80-60-26-17-25-59(45-60)77-49-78(70-30-15-14-29-69(70)77)73-62(53-35-38-58(39-36-53)74(2,3)4)27-18-28-63(73)57-24-16-23-55(43-57)51-19-10-8-11-20-51/h8-48H,49H2,1-7H3. The molecule has 0 spiro atoms. The van der Waals surface area contributed by atoms with E-state index in [1.807, 2.05) is 0 Å². The topological polar surface area (TPSA) is 33.5 Å². The van der Waals surface area contributed by atoms with Crippen LogP contribution in [-0.2, 0) is 10.8 Å². The second-order valence-corrected chi connectivity index (χ2v) is 23.4. The highest BCUT2D eigenvalue weighted by Crippen LogP contribution is 2.51. The van der Waals surface area contributed by atoms with E-state index in [0.29, 0.717) is 6.67 Å². The van der Waals surface area contributed by atoms with Crippen molar-refractivity contribution in [3.05, 3.63) is 266 Å². The van der Waals surface area contributed by atoms with Crippen LogP contribution in [0.15, 0.2) is 249 Å². The Kier molecular flexibility index (Phi) is 12.6. The van der Waals surface area contributed by atoms with Gasteiger partial charge in [0, 0.05) is 51.5 Å². The second kappa shape index (κ2) is 20.1. The highest BCUT2D eigenvalue weighted by molar-refractivity contribution is 6.11. The van der Waals surface area contributed by atoms with Crippen LogP contribution >= 0.6 is 0 Å². The zero-order valence-corrected chi connectivity index (χ0v) is 46.6. The van der Waals surface area contributed by atoms with Crippen molar-refractivity contribution in [3.8, 4) is 73.0 Å². The summed E-state index contributed by atoms with van der Waals surface area (Å²) in [6.07, 6.45) is 2.06. The number of anilines is 4. The number of fused-ring (bicyclic) bond motifs is 4. The third-order valence-electron chi connectivity index (χ3n) is 15.9. The van der Waals surface area contributed by atoms with E-state index in [-0.39, 0.29) is 10.8 Å². The molecule has 80 heavy (non-hydrogen) atoms. The Morgan fingerprint density at radius 1 is 0.400 bits per heavy atom. The lowest BCUT2D eigenvalue weighted by molar-refractivity contribution is 0.483. The highest BCUT2D eigenvalue weighted by atomic mass is 16.5. The first kappa shape index (κ1) is 50.1. The van der Waals surface area contributed by atoms with Gasteiger partial charge in [-0.15, -0.1) is 0 Å². The SMILES string of the molecule is Cc1ccc(-c2cnc(-n3c4ccc(-c5ccccc5)cc4c4ccc(Oc5cccc(N6CN(c7c(-c8ccc(C(C)(C)C)cc8)cccc7-c7cccc(-c8ccccc8)c7)c7ccccc76)c5)cc43)cc2C(C)(C)C)cc1. The van der Waals surface area contributed by atoms with Crippen molar-refractivity contribution in [1.82, 2.24) is 9.55 Å². The molecule has 0 saturated heterocycles. The molecule has 10 aromatic carbocycles. The molecule has 390 valence electrons. The average Bonchev–Trinajstić information content (AvgIpc) is 4.09. The number of aryl methyl sites for hydroxylation is 1. The second-order valence-electron chi connectivity index (χ2n) is 23.4. The minimum Gasteiger partial charge on any atom is -0.457 e. The van der Waals surface area contributed by atoms with Crippen LogP contribution in [0, 0.1) is 6.92 Å². The van der Waals surface area contributed by atoms with E-state index >= 15 is 0 Å². The monoisotopic (exact) mass is 1040 g/mol. The molecule has 0 fully saturated rings.